The van der Waals surface area contributed by atoms with Crippen molar-refractivity contribution in [1.82, 2.24) is 24.3 Å². The Balaban J connectivity index is 0.000000204. The van der Waals surface area contributed by atoms with E-state index in [2.05, 4.69) is 34.1 Å². The van der Waals surface area contributed by atoms with Crippen molar-refractivity contribution < 1.29 is 0 Å². The van der Waals surface area contributed by atoms with Crippen molar-refractivity contribution in [1.29, 1.82) is 0 Å². The summed E-state index contributed by atoms with van der Waals surface area (Å²) in [7, 11) is 0. The molecule has 1 aliphatic carbocycles. The van der Waals surface area contributed by atoms with E-state index in [0.717, 1.165) is 37.2 Å². The maximum Gasteiger partial charge on any atom is 0.346 e. The van der Waals surface area contributed by atoms with Crippen molar-refractivity contribution in [2.45, 2.75) is 51.1 Å². The number of benzene rings is 1. The molecule has 1 saturated carbocycles. The smallest absolute Gasteiger partial charge is 0.270 e. The Labute approximate surface area is 152 Å². The van der Waals surface area contributed by atoms with Gasteiger partial charge in [0.05, 0.1) is 24.0 Å². The van der Waals surface area contributed by atoms with Crippen LogP contribution in [0.15, 0.2) is 53.7 Å². The van der Waals surface area contributed by atoms with E-state index in [1.807, 2.05) is 22.8 Å². The van der Waals surface area contributed by atoms with Gasteiger partial charge in [-0.1, -0.05) is 35.9 Å². The molecule has 0 amide bonds. The van der Waals surface area contributed by atoms with E-state index in [1.54, 1.807) is 23.3 Å². The zero-order valence-corrected chi connectivity index (χ0v) is 15.0. The first-order chi connectivity index (χ1) is 12.7. The van der Waals surface area contributed by atoms with Gasteiger partial charge in [-0.2, -0.15) is 5.10 Å². The highest BCUT2D eigenvalue weighted by Gasteiger charge is 2.32. The summed E-state index contributed by atoms with van der Waals surface area (Å²) in [6, 6.07) is 10.6. The fraction of sp³-hybridized carbons (Fsp3) is 0.400. The van der Waals surface area contributed by atoms with Gasteiger partial charge in [0.1, 0.15) is 5.82 Å². The number of nitrogens with zero attached hydrogens (tertiary/aromatic N) is 5. The van der Waals surface area contributed by atoms with Crippen molar-refractivity contribution in [3.63, 3.8) is 0 Å². The lowest BCUT2D eigenvalue weighted by Gasteiger charge is -2.24. The maximum atomic E-state index is 12.5. The predicted octanol–water partition coefficient (Wildman–Crippen LogP) is 3.09. The lowest BCUT2D eigenvalue weighted by atomic mass is 9.93. The summed E-state index contributed by atoms with van der Waals surface area (Å²) in [4.78, 5) is 20.9. The molecular weight excluding hydrogens is 326 g/mol. The second kappa shape index (κ2) is 7.23. The standard InChI is InChI=1S/C13H15N5O.C7H8/c19-13-17-11(10-8-14-6-7-15-10)4-5-12(17)16-18(13)9-2-1-3-9;1-7-5-3-2-4-6-7/h6-9,11H,1-5H2;2-6H,1H3. The van der Waals surface area contributed by atoms with Gasteiger partial charge in [0.15, 0.2) is 0 Å². The molecule has 1 atom stereocenters. The highest BCUT2D eigenvalue weighted by Crippen LogP contribution is 2.32. The van der Waals surface area contributed by atoms with E-state index in [-0.39, 0.29) is 11.7 Å². The first-order valence-corrected chi connectivity index (χ1v) is 9.21. The minimum Gasteiger partial charge on any atom is -0.270 e. The molecule has 0 N–H and O–H groups in total. The number of aryl methyl sites for hydroxylation is 2. The van der Waals surface area contributed by atoms with Crippen molar-refractivity contribution >= 4 is 0 Å². The van der Waals surface area contributed by atoms with Crippen LogP contribution in [0.4, 0.5) is 0 Å². The first kappa shape index (κ1) is 16.7. The molecule has 1 aliphatic heterocycles. The Kier molecular flexibility index (Phi) is 4.65. The Morgan fingerprint density at radius 3 is 2.46 bits per heavy atom. The molecular formula is C20H23N5O. The fourth-order valence-corrected chi connectivity index (χ4v) is 3.48. The Hall–Kier alpha value is -2.76. The topological polar surface area (TPSA) is 65.6 Å². The molecule has 1 aromatic carbocycles. The number of fused-ring (bicyclic) bond motifs is 1. The summed E-state index contributed by atoms with van der Waals surface area (Å²) >= 11 is 0. The fourth-order valence-electron chi connectivity index (χ4n) is 3.48. The molecule has 26 heavy (non-hydrogen) atoms. The van der Waals surface area contributed by atoms with E-state index < -0.39 is 0 Å². The van der Waals surface area contributed by atoms with Crippen molar-refractivity contribution in [2.24, 2.45) is 0 Å². The molecule has 3 heterocycles. The van der Waals surface area contributed by atoms with Gasteiger partial charge in [-0.25, -0.2) is 9.48 Å². The second-order valence-corrected chi connectivity index (χ2v) is 6.94. The van der Waals surface area contributed by atoms with Crippen LogP contribution < -0.4 is 5.69 Å². The summed E-state index contributed by atoms with van der Waals surface area (Å²) in [5, 5.41) is 4.51. The average Bonchev–Trinajstić information content (AvgIpc) is 3.17. The van der Waals surface area contributed by atoms with Gasteiger partial charge in [0.25, 0.3) is 0 Å². The van der Waals surface area contributed by atoms with E-state index in [4.69, 9.17) is 0 Å². The number of rotatable bonds is 2. The lowest BCUT2D eigenvalue weighted by molar-refractivity contribution is 0.277. The largest absolute Gasteiger partial charge is 0.346 e. The summed E-state index contributed by atoms with van der Waals surface area (Å²) < 4.78 is 3.49. The van der Waals surface area contributed by atoms with Crippen LogP contribution in [0, 0.1) is 6.92 Å². The van der Waals surface area contributed by atoms with Gasteiger partial charge >= 0.3 is 5.69 Å². The molecule has 0 spiro atoms. The molecule has 2 aromatic heterocycles. The summed E-state index contributed by atoms with van der Waals surface area (Å²) in [5.74, 6) is 0.896. The summed E-state index contributed by atoms with van der Waals surface area (Å²) in [6.45, 7) is 2.08. The summed E-state index contributed by atoms with van der Waals surface area (Å²) in [6.07, 6.45) is 10.2. The molecule has 5 rings (SSSR count). The van der Waals surface area contributed by atoms with E-state index in [9.17, 15) is 4.79 Å². The summed E-state index contributed by atoms with van der Waals surface area (Å²) in [5.41, 5.74) is 2.20. The predicted molar refractivity (Wildman–Crippen MR) is 99.0 cm³/mol. The average molecular weight is 349 g/mol. The van der Waals surface area contributed by atoms with Crippen LogP contribution in [0.5, 0.6) is 0 Å². The van der Waals surface area contributed by atoms with Gasteiger partial charge in [0.2, 0.25) is 0 Å². The van der Waals surface area contributed by atoms with Gasteiger partial charge in [-0.05, 0) is 32.6 Å². The zero-order chi connectivity index (χ0) is 17.9. The molecule has 0 radical (unpaired) electrons. The monoisotopic (exact) mass is 349 g/mol. The molecule has 134 valence electrons. The maximum absolute atomic E-state index is 12.5. The van der Waals surface area contributed by atoms with Crippen molar-refractivity contribution in [2.75, 3.05) is 0 Å². The number of aromatic nitrogens is 5. The van der Waals surface area contributed by atoms with E-state index >= 15 is 0 Å². The minimum absolute atomic E-state index is 0.00465. The molecule has 1 unspecified atom stereocenters. The normalized spacial score (nSPS) is 18.6. The third-order valence-electron chi connectivity index (χ3n) is 5.14. The van der Waals surface area contributed by atoms with Crippen LogP contribution in [0.25, 0.3) is 0 Å². The van der Waals surface area contributed by atoms with Gasteiger partial charge in [0, 0.05) is 18.8 Å². The Bertz CT molecular complexity index is 912. The van der Waals surface area contributed by atoms with E-state index in [1.165, 1.54) is 12.0 Å². The van der Waals surface area contributed by atoms with Crippen LogP contribution in [-0.2, 0) is 6.42 Å². The molecule has 0 bridgehead atoms. The Morgan fingerprint density at radius 1 is 1.08 bits per heavy atom. The Morgan fingerprint density at radius 2 is 1.88 bits per heavy atom. The van der Waals surface area contributed by atoms with Crippen molar-refractivity contribution in [3.8, 4) is 0 Å². The SMILES string of the molecule is Cc1ccccc1.O=c1n(C2CCC2)nc2n1C(c1cnccn1)CC2. The quantitative estimate of drug-likeness (QED) is 0.713. The van der Waals surface area contributed by atoms with Crippen LogP contribution in [0.2, 0.25) is 0 Å². The third-order valence-corrected chi connectivity index (χ3v) is 5.14. The van der Waals surface area contributed by atoms with Gasteiger partial charge < -0.3 is 0 Å². The molecule has 3 aromatic rings. The van der Waals surface area contributed by atoms with Crippen molar-refractivity contribution in [3.05, 3.63) is 76.5 Å². The molecule has 2 aliphatic rings. The van der Waals surface area contributed by atoms with Crippen LogP contribution in [0.3, 0.4) is 0 Å². The molecule has 1 fully saturated rings. The molecule has 6 nitrogen and oxygen atoms in total. The van der Waals surface area contributed by atoms with Crippen LogP contribution in [0.1, 0.15) is 54.8 Å². The molecule has 6 heteroatoms. The highest BCUT2D eigenvalue weighted by atomic mass is 16.2. The van der Waals surface area contributed by atoms with Gasteiger partial charge in [-0.15, -0.1) is 0 Å². The van der Waals surface area contributed by atoms with E-state index in [0.29, 0.717) is 6.04 Å². The first-order valence-electron chi connectivity index (χ1n) is 9.21. The highest BCUT2D eigenvalue weighted by molar-refractivity contribution is 5.13. The minimum atomic E-state index is 0.00465. The van der Waals surface area contributed by atoms with Gasteiger partial charge in [-0.3, -0.25) is 14.5 Å². The zero-order valence-electron chi connectivity index (χ0n) is 15.0. The number of hydrogen-bond donors (Lipinski definition) is 0. The second-order valence-electron chi connectivity index (χ2n) is 6.94. The van der Waals surface area contributed by atoms with Crippen LogP contribution in [-0.4, -0.2) is 24.3 Å². The number of hydrogen-bond acceptors (Lipinski definition) is 4. The lowest BCUT2D eigenvalue weighted by Crippen LogP contribution is -2.32. The molecule has 0 saturated heterocycles. The van der Waals surface area contributed by atoms with Crippen LogP contribution >= 0.6 is 0 Å². The third kappa shape index (κ3) is 3.19.